The van der Waals surface area contributed by atoms with Crippen molar-refractivity contribution in [2.24, 2.45) is 16.7 Å². The summed E-state index contributed by atoms with van der Waals surface area (Å²) in [6.45, 7) is 2.35. The Hall–Kier alpha value is -3.53. The van der Waals surface area contributed by atoms with Crippen molar-refractivity contribution in [2.45, 2.75) is 31.4 Å². The summed E-state index contributed by atoms with van der Waals surface area (Å²) in [5.74, 6) is 5.01. The van der Waals surface area contributed by atoms with Gasteiger partial charge in [0.1, 0.15) is 12.0 Å². The zero-order chi connectivity index (χ0) is 24.4. The Labute approximate surface area is 197 Å². The molecule has 33 heavy (non-hydrogen) atoms. The molecule has 0 saturated carbocycles. The van der Waals surface area contributed by atoms with Crippen LogP contribution >= 0.6 is 11.8 Å². The largest absolute Gasteiger partial charge is 0.507 e. The van der Waals surface area contributed by atoms with Gasteiger partial charge in [-0.05, 0) is 37.5 Å². The number of benzene rings is 2. The molecule has 0 aliphatic carbocycles. The molecule has 2 aromatic carbocycles. The van der Waals surface area contributed by atoms with Gasteiger partial charge in [-0.3, -0.25) is 14.5 Å². The number of anilines is 1. The third kappa shape index (κ3) is 7.25. The van der Waals surface area contributed by atoms with E-state index in [2.05, 4.69) is 10.4 Å². The lowest BCUT2D eigenvalue weighted by Crippen LogP contribution is -2.33. The zero-order valence-corrected chi connectivity index (χ0v) is 19.5. The number of phenols is 1. The number of carbonyl (C=O) groups is 3. The standard InChI is InChI=1S/C15H17NO3S.C8H12N4O/c1-11-4-6-12(7-5-11)10-13-14(18)16(15(19)20-13)8-2-3-9-17;1-11-5-2-3-6(7(13)4-5)8(9)12-10/h4-7,9,13H,2-3,8,10H2,1H3;2-4,11,13H,10H2,1H3,(H2,9,12). The van der Waals surface area contributed by atoms with E-state index in [0.29, 0.717) is 31.4 Å². The Morgan fingerprint density at radius 3 is 2.52 bits per heavy atom. The number of amides is 2. The summed E-state index contributed by atoms with van der Waals surface area (Å²) in [4.78, 5) is 35.5. The predicted molar refractivity (Wildman–Crippen MR) is 131 cm³/mol. The summed E-state index contributed by atoms with van der Waals surface area (Å²) in [6.07, 6.45) is 2.30. The SMILES string of the molecule is CNc1ccc(/C(N)=N/N)c(O)c1.Cc1ccc(CC2SC(=O)N(CCCC=O)C2=O)cc1. The number of nitrogens with zero attached hydrogens (tertiary/aromatic N) is 2. The van der Waals surface area contributed by atoms with Gasteiger partial charge in [0.25, 0.3) is 5.24 Å². The molecule has 1 aliphatic rings. The van der Waals surface area contributed by atoms with Gasteiger partial charge in [-0.2, -0.15) is 5.10 Å². The minimum atomic E-state index is -0.332. The normalized spacial score (nSPS) is 15.8. The molecular weight excluding hydrogens is 442 g/mol. The van der Waals surface area contributed by atoms with Gasteiger partial charge >= 0.3 is 0 Å². The summed E-state index contributed by atoms with van der Waals surface area (Å²) in [6, 6.07) is 12.9. The highest BCUT2D eigenvalue weighted by Crippen LogP contribution is 2.29. The van der Waals surface area contributed by atoms with Crippen LogP contribution < -0.4 is 16.9 Å². The number of rotatable bonds is 8. The summed E-state index contributed by atoms with van der Waals surface area (Å²) >= 11 is 1.09. The maximum Gasteiger partial charge on any atom is 0.289 e. The number of aromatic hydroxyl groups is 1. The van der Waals surface area contributed by atoms with Crippen LogP contribution in [-0.4, -0.2) is 52.1 Å². The molecule has 9 nitrogen and oxygen atoms in total. The van der Waals surface area contributed by atoms with Gasteiger partial charge in [0.15, 0.2) is 5.84 Å². The van der Waals surface area contributed by atoms with Crippen molar-refractivity contribution in [3.05, 3.63) is 59.2 Å². The van der Waals surface area contributed by atoms with Crippen LogP contribution in [0.25, 0.3) is 0 Å². The molecule has 2 aromatic rings. The molecule has 6 N–H and O–H groups in total. The lowest BCUT2D eigenvalue weighted by atomic mass is 10.1. The first-order valence-corrected chi connectivity index (χ1v) is 11.2. The quantitative estimate of drug-likeness (QED) is 0.115. The second kappa shape index (κ2) is 12.5. The van der Waals surface area contributed by atoms with Crippen LogP contribution in [0.2, 0.25) is 0 Å². The average Bonchev–Trinajstić information content (AvgIpc) is 3.07. The van der Waals surface area contributed by atoms with Crippen LogP contribution in [0.4, 0.5) is 10.5 Å². The highest BCUT2D eigenvalue weighted by Gasteiger charge is 2.38. The van der Waals surface area contributed by atoms with E-state index < -0.39 is 0 Å². The molecule has 1 fully saturated rings. The number of thioether (sulfide) groups is 1. The van der Waals surface area contributed by atoms with E-state index in [0.717, 1.165) is 29.3 Å². The van der Waals surface area contributed by atoms with Gasteiger partial charge in [0.05, 0.1) is 10.8 Å². The van der Waals surface area contributed by atoms with Gasteiger partial charge in [0.2, 0.25) is 5.91 Å². The highest BCUT2D eigenvalue weighted by atomic mass is 32.2. The van der Waals surface area contributed by atoms with Crippen LogP contribution in [0.1, 0.15) is 29.5 Å². The fraction of sp³-hybridized carbons (Fsp3) is 0.304. The Kier molecular flexibility index (Phi) is 9.74. The summed E-state index contributed by atoms with van der Waals surface area (Å²) in [5.41, 5.74) is 8.89. The minimum Gasteiger partial charge on any atom is -0.507 e. The number of aldehydes is 1. The second-order valence-corrected chi connectivity index (χ2v) is 8.51. The van der Waals surface area contributed by atoms with Crippen molar-refractivity contribution in [3.8, 4) is 5.75 Å². The third-order valence-corrected chi connectivity index (χ3v) is 6.03. The molecule has 1 atom stereocenters. The molecule has 1 aliphatic heterocycles. The number of carbonyl (C=O) groups excluding carboxylic acids is 3. The Bertz CT molecular complexity index is 1010. The van der Waals surface area contributed by atoms with Crippen molar-refractivity contribution in [1.82, 2.24) is 4.90 Å². The number of hydrogen-bond donors (Lipinski definition) is 4. The number of unbranched alkanes of at least 4 members (excludes halogenated alkanes) is 1. The lowest BCUT2D eigenvalue weighted by Gasteiger charge is -2.12. The van der Waals surface area contributed by atoms with Gasteiger partial charge < -0.3 is 26.8 Å². The summed E-state index contributed by atoms with van der Waals surface area (Å²) in [5, 5.41) is 15.1. The van der Waals surface area contributed by atoms with E-state index >= 15 is 0 Å². The molecule has 176 valence electrons. The van der Waals surface area contributed by atoms with E-state index in [1.807, 2.05) is 31.2 Å². The first-order chi connectivity index (χ1) is 15.8. The molecule has 2 amide bonds. The molecule has 10 heteroatoms. The zero-order valence-electron chi connectivity index (χ0n) is 18.7. The van der Waals surface area contributed by atoms with E-state index in [9.17, 15) is 19.5 Å². The monoisotopic (exact) mass is 471 g/mol. The van der Waals surface area contributed by atoms with Gasteiger partial charge in [0, 0.05) is 31.8 Å². The smallest absolute Gasteiger partial charge is 0.289 e. The number of hydrazone groups is 1. The van der Waals surface area contributed by atoms with E-state index in [1.54, 1.807) is 25.2 Å². The van der Waals surface area contributed by atoms with Crippen molar-refractivity contribution < 1.29 is 19.5 Å². The molecule has 1 heterocycles. The fourth-order valence-corrected chi connectivity index (χ4v) is 4.13. The molecule has 0 bridgehead atoms. The van der Waals surface area contributed by atoms with Crippen molar-refractivity contribution in [3.63, 3.8) is 0 Å². The first-order valence-electron chi connectivity index (χ1n) is 10.4. The lowest BCUT2D eigenvalue weighted by molar-refractivity contribution is -0.126. The number of aryl methyl sites for hydroxylation is 1. The van der Waals surface area contributed by atoms with Crippen LogP contribution in [-0.2, 0) is 16.0 Å². The highest BCUT2D eigenvalue weighted by molar-refractivity contribution is 8.15. The number of amidine groups is 1. The molecule has 1 saturated heterocycles. The topological polar surface area (TPSA) is 151 Å². The number of hydrogen-bond acceptors (Lipinski definition) is 8. The van der Waals surface area contributed by atoms with Gasteiger partial charge in [-0.1, -0.05) is 41.6 Å². The average molecular weight is 472 g/mol. The van der Waals surface area contributed by atoms with E-state index in [-0.39, 0.29) is 28.0 Å². The van der Waals surface area contributed by atoms with Crippen LogP contribution in [0.5, 0.6) is 5.75 Å². The number of nitrogens with two attached hydrogens (primary N) is 2. The predicted octanol–water partition coefficient (Wildman–Crippen LogP) is 2.59. The fourth-order valence-electron chi connectivity index (χ4n) is 3.07. The first kappa shape index (κ1) is 25.7. The van der Waals surface area contributed by atoms with Crippen LogP contribution in [0.15, 0.2) is 47.6 Å². The Balaban J connectivity index is 0.000000257. The van der Waals surface area contributed by atoms with E-state index in [4.69, 9.17) is 11.6 Å². The number of phenolic OH excluding ortho intramolecular Hbond substituents is 1. The number of nitrogens with one attached hydrogen (secondary N) is 1. The molecule has 3 rings (SSSR count). The Morgan fingerprint density at radius 2 is 1.94 bits per heavy atom. The Morgan fingerprint density at radius 1 is 1.24 bits per heavy atom. The van der Waals surface area contributed by atoms with Gasteiger partial charge in [-0.25, -0.2) is 0 Å². The second-order valence-electron chi connectivity index (χ2n) is 7.36. The van der Waals surface area contributed by atoms with Crippen LogP contribution in [0, 0.1) is 6.92 Å². The molecular formula is C23H29N5O4S. The van der Waals surface area contributed by atoms with Gasteiger partial charge in [-0.15, -0.1) is 0 Å². The van der Waals surface area contributed by atoms with Crippen molar-refractivity contribution >= 4 is 40.7 Å². The number of imide groups is 1. The molecule has 0 aromatic heterocycles. The molecule has 0 radical (unpaired) electrons. The van der Waals surface area contributed by atoms with E-state index in [1.165, 1.54) is 10.5 Å². The maximum atomic E-state index is 12.2. The van der Waals surface area contributed by atoms with Crippen molar-refractivity contribution in [2.75, 3.05) is 18.9 Å². The summed E-state index contributed by atoms with van der Waals surface area (Å²) < 4.78 is 0. The molecule has 1 unspecified atom stereocenters. The maximum absolute atomic E-state index is 12.2. The summed E-state index contributed by atoms with van der Waals surface area (Å²) in [7, 11) is 1.76. The van der Waals surface area contributed by atoms with Crippen LogP contribution in [0.3, 0.4) is 0 Å². The third-order valence-electron chi connectivity index (χ3n) is 4.95. The van der Waals surface area contributed by atoms with Crippen molar-refractivity contribution in [1.29, 1.82) is 0 Å². The minimum absolute atomic E-state index is 0.0542. The molecule has 0 spiro atoms.